The standard InChI is InChI=1S/C17H17BrClN/c1-12-6-8-14-4-2-3-5-16(14)20(12)17-9-7-13(11-18)10-15(17)19/h2-5,7,9-10,12H,6,8,11H2,1H3. The molecular weight excluding hydrogens is 334 g/mol. The minimum atomic E-state index is 0.470. The average Bonchev–Trinajstić information content (AvgIpc) is 2.48. The summed E-state index contributed by atoms with van der Waals surface area (Å²) in [4.78, 5) is 2.37. The number of benzene rings is 2. The molecule has 1 nitrogen and oxygen atoms in total. The number of para-hydroxylation sites is 1. The van der Waals surface area contributed by atoms with Crippen LogP contribution in [0.25, 0.3) is 0 Å². The molecule has 104 valence electrons. The van der Waals surface area contributed by atoms with Crippen LogP contribution in [0.3, 0.4) is 0 Å². The van der Waals surface area contributed by atoms with E-state index in [0.29, 0.717) is 6.04 Å². The minimum Gasteiger partial charge on any atom is -0.337 e. The summed E-state index contributed by atoms with van der Waals surface area (Å²) in [5.74, 6) is 0. The highest BCUT2D eigenvalue weighted by atomic mass is 79.9. The van der Waals surface area contributed by atoms with Gasteiger partial charge in [-0.2, -0.15) is 0 Å². The number of anilines is 2. The fourth-order valence-electron chi connectivity index (χ4n) is 2.88. The van der Waals surface area contributed by atoms with E-state index in [1.807, 2.05) is 0 Å². The smallest absolute Gasteiger partial charge is 0.0646 e. The first-order valence-electron chi connectivity index (χ1n) is 6.92. The van der Waals surface area contributed by atoms with E-state index in [9.17, 15) is 0 Å². The Labute approximate surface area is 133 Å². The molecule has 1 atom stereocenters. The summed E-state index contributed by atoms with van der Waals surface area (Å²) in [6.07, 6.45) is 2.30. The third-order valence-corrected chi connectivity index (χ3v) is 4.90. The van der Waals surface area contributed by atoms with Crippen molar-refractivity contribution in [3.63, 3.8) is 0 Å². The van der Waals surface area contributed by atoms with E-state index in [1.54, 1.807) is 0 Å². The summed E-state index contributed by atoms with van der Waals surface area (Å²) >= 11 is 9.99. The van der Waals surface area contributed by atoms with Gasteiger partial charge in [-0.05, 0) is 49.1 Å². The van der Waals surface area contributed by atoms with E-state index in [2.05, 4.69) is 70.2 Å². The lowest BCUT2D eigenvalue weighted by Gasteiger charge is -2.37. The molecule has 0 bridgehead atoms. The molecule has 1 unspecified atom stereocenters. The minimum absolute atomic E-state index is 0.470. The molecule has 0 radical (unpaired) electrons. The van der Waals surface area contributed by atoms with E-state index in [0.717, 1.165) is 28.9 Å². The van der Waals surface area contributed by atoms with Crippen molar-refractivity contribution >= 4 is 38.9 Å². The average molecular weight is 351 g/mol. The number of hydrogen-bond acceptors (Lipinski definition) is 1. The van der Waals surface area contributed by atoms with Gasteiger partial charge < -0.3 is 4.90 Å². The number of aryl methyl sites for hydroxylation is 1. The topological polar surface area (TPSA) is 3.24 Å². The van der Waals surface area contributed by atoms with Crippen LogP contribution in [0.15, 0.2) is 42.5 Å². The van der Waals surface area contributed by atoms with Gasteiger partial charge in [-0.15, -0.1) is 0 Å². The number of nitrogens with zero attached hydrogens (tertiary/aromatic N) is 1. The van der Waals surface area contributed by atoms with Gasteiger partial charge in [0, 0.05) is 17.1 Å². The van der Waals surface area contributed by atoms with Crippen LogP contribution in [-0.4, -0.2) is 6.04 Å². The van der Waals surface area contributed by atoms with Gasteiger partial charge in [0.05, 0.1) is 10.7 Å². The molecule has 0 saturated heterocycles. The zero-order valence-corrected chi connectivity index (χ0v) is 13.8. The summed E-state index contributed by atoms with van der Waals surface area (Å²) in [5, 5.41) is 1.66. The van der Waals surface area contributed by atoms with Crippen LogP contribution in [0.4, 0.5) is 11.4 Å². The van der Waals surface area contributed by atoms with Crippen LogP contribution >= 0.6 is 27.5 Å². The Morgan fingerprint density at radius 1 is 1.20 bits per heavy atom. The van der Waals surface area contributed by atoms with Gasteiger partial charge in [0.15, 0.2) is 0 Å². The maximum absolute atomic E-state index is 6.51. The second kappa shape index (κ2) is 5.79. The van der Waals surface area contributed by atoms with Crippen LogP contribution in [-0.2, 0) is 11.8 Å². The Hall–Kier alpha value is -0.990. The Kier molecular flexibility index (Phi) is 4.04. The molecule has 0 saturated carbocycles. The molecule has 0 spiro atoms. The Morgan fingerprint density at radius 3 is 2.75 bits per heavy atom. The van der Waals surface area contributed by atoms with Crippen molar-refractivity contribution in [2.75, 3.05) is 4.90 Å². The van der Waals surface area contributed by atoms with Gasteiger partial charge in [0.25, 0.3) is 0 Å². The molecule has 1 aliphatic heterocycles. The summed E-state index contributed by atoms with van der Waals surface area (Å²) in [5.41, 5.74) is 5.01. The Morgan fingerprint density at radius 2 is 2.00 bits per heavy atom. The highest BCUT2D eigenvalue weighted by Gasteiger charge is 2.25. The maximum Gasteiger partial charge on any atom is 0.0646 e. The van der Waals surface area contributed by atoms with Crippen molar-refractivity contribution in [1.29, 1.82) is 0 Å². The number of rotatable bonds is 2. The fraction of sp³-hybridized carbons (Fsp3) is 0.294. The molecule has 1 aliphatic rings. The van der Waals surface area contributed by atoms with Crippen molar-refractivity contribution in [2.24, 2.45) is 0 Å². The van der Waals surface area contributed by atoms with Gasteiger partial charge in [-0.3, -0.25) is 0 Å². The van der Waals surface area contributed by atoms with Crippen molar-refractivity contribution in [3.05, 3.63) is 58.6 Å². The third kappa shape index (κ3) is 2.47. The molecule has 0 aliphatic carbocycles. The quantitative estimate of drug-likeness (QED) is 0.627. The van der Waals surface area contributed by atoms with Gasteiger partial charge >= 0.3 is 0 Å². The molecule has 1 heterocycles. The van der Waals surface area contributed by atoms with E-state index in [1.165, 1.54) is 16.8 Å². The number of hydrogen-bond donors (Lipinski definition) is 0. The zero-order valence-electron chi connectivity index (χ0n) is 11.4. The van der Waals surface area contributed by atoms with Crippen molar-refractivity contribution in [2.45, 2.75) is 31.1 Å². The highest BCUT2D eigenvalue weighted by molar-refractivity contribution is 9.08. The van der Waals surface area contributed by atoms with Crippen molar-refractivity contribution in [1.82, 2.24) is 0 Å². The first-order chi connectivity index (χ1) is 9.70. The second-order valence-corrected chi connectivity index (χ2v) is 6.27. The largest absolute Gasteiger partial charge is 0.337 e. The lowest BCUT2D eigenvalue weighted by atomic mass is 9.96. The Balaban J connectivity index is 2.09. The van der Waals surface area contributed by atoms with Crippen LogP contribution in [0.2, 0.25) is 5.02 Å². The molecule has 20 heavy (non-hydrogen) atoms. The van der Waals surface area contributed by atoms with Gasteiger partial charge in [0.2, 0.25) is 0 Å². The van der Waals surface area contributed by atoms with E-state index in [-0.39, 0.29) is 0 Å². The SMILES string of the molecule is CC1CCc2ccccc2N1c1ccc(CBr)cc1Cl. The third-order valence-electron chi connectivity index (χ3n) is 3.95. The number of fused-ring (bicyclic) bond motifs is 1. The molecule has 3 heteroatoms. The molecule has 3 rings (SSSR count). The van der Waals surface area contributed by atoms with Crippen molar-refractivity contribution < 1.29 is 0 Å². The van der Waals surface area contributed by atoms with E-state index < -0.39 is 0 Å². The summed E-state index contributed by atoms with van der Waals surface area (Å²) < 4.78 is 0. The predicted molar refractivity (Wildman–Crippen MR) is 90.4 cm³/mol. The number of halogens is 2. The monoisotopic (exact) mass is 349 g/mol. The molecule has 0 amide bonds. The van der Waals surface area contributed by atoms with Gasteiger partial charge in [0.1, 0.15) is 0 Å². The van der Waals surface area contributed by atoms with Crippen LogP contribution in [0.1, 0.15) is 24.5 Å². The molecular formula is C17H17BrClN. The van der Waals surface area contributed by atoms with E-state index in [4.69, 9.17) is 11.6 Å². The summed E-state index contributed by atoms with van der Waals surface area (Å²) in [6, 6.07) is 15.4. The summed E-state index contributed by atoms with van der Waals surface area (Å²) in [7, 11) is 0. The lowest BCUT2D eigenvalue weighted by molar-refractivity contribution is 0.618. The van der Waals surface area contributed by atoms with E-state index >= 15 is 0 Å². The van der Waals surface area contributed by atoms with Gasteiger partial charge in [-0.1, -0.05) is 51.8 Å². The molecule has 0 aromatic heterocycles. The van der Waals surface area contributed by atoms with Crippen molar-refractivity contribution in [3.8, 4) is 0 Å². The van der Waals surface area contributed by atoms with Crippen LogP contribution in [0.5, 0.6) is 0 Å². The first-order valence-corrected chi connectivity index (χ1v) is 8.42. The van der Waals surface area contributed by atoms with Crippen LogP contribution in [0, 0.1) is 0 Å². The first kappa shape index (κ1) is 14.0. The second-order valence-electron chi connectivity index (χ2n) is 5.31. The molecule has 0 N–H and O–H groups in total. The highest BCUT2D eigenvalue weighted by Crippen LogP contribution is 2.40. The molecule has 0 fully saturated rings. The Bertz CT molecular complexity index is 626. The lowest BCUT2D eigenvalue weighted by Crippen LogP contribution is -2.33. The maximum atomic E-state index is 6.51. The predicted octanol–water partition coefficient (Wildman–Crippen LogP) is 5.71. The number of alkyl halides is 1. The van der Waals surface area contributed by atoms with Gasteiger partial charge in [-0.25, -0.2) is 0 Å². The fourth-order valence-corrected chi connectivity index (χ4v) is 3.53. The van der Waals surface area contributed by atoms with Crippen LogP contribution < -0.4 is 4.90 Å². The summed E-state index contributed by atoms with van der Waals surface area (Å²) in [6.45, 7) is 2.27. The molecule has 2 aromatic carbocycles. The zero-order chi connectivity index (χ0) is 14.1. The molecule has 2 aromatic rings. The normalized spacial score (nSPS) is 17.9.